The van der Waals surface area contributed by atoms with Gasteiger partial charge >= 0.3 is 0 Å². The molecule has 3 heterocycles. The standard InChI is InChI=1S/C18H32N4O3/c1-24-17-8-7-14(19-20-17)16-9-15(21-25-16)18(23)22-10-13(11-22)12-5-3-2-4-6-12/h12-17,19-21H,2-11H2,1H3. The number of hydrazine groups is 1. The van der Waals surface area contributed by atoms with Crippen LogP contribution in [0.2, 0.25) is 0 Å². The minimum Gasteiger partial charge on any atom is -0.365 e. The Bertz CT molecular complexity index is 457. The van der Waals surface area contributed by atoms with Gasteiger partial charge in [-0.25, -0.2) is 10.9 Å². The third-order valence-corrected chi connectivity index (χ3v) is 6.57. The maximum atomic E-state index is 12.7. The number of hydrogen-bond donors (Lipinski definition) is 3. The monoisotopic (exact) mass is 352 g/mol. The number of amides is 1. The maximum Gasteiger partial charge on any atom is 0.242 e. The Balaban J connectivity index is 1.21. The first-order chi connectivity index (χ1) is 12.2. The van der Waals surface area contributed by atoms with E-state index in [1.54, 1.807) is 7.11 Å². The van der Waals surface area contributed by atoms with Gasteiger partial charge in [0.1, 0.15) is 12.3 Å². The van der Waals surface area contributed by atoms with E-state index in [-0.39, 0.29) is 30.3 Å². The Hall–Kier alpha value is -0.730. The van der Waals surface area contributed by atoms with E-state index in [4.69, 9.17) is 9.57 Å². The summed E-state index contributed by atoms with van der Waals surface area (Å²) < 4.78 is 5.28. The first kappa shape index (κ1) is 17.7. The van der Waals surface area contributed by atoms with Crippen LogP contribution >= 0.6 is 0 Å². The molecule has 0 aromatic heterocycles. The summed E-state index contributed by atoms with van der Waals surface area (Å²) in [6.45, 7) is 1.90. The minimum absolute atomic E-state index is 0.0228. The highest BCUT2D eigenvalue weighted by molar-refractivity contribution is 5.82. The molecule has 1 aliphatic carbocycles. The quantitative estimate of drug-likeness (QED) is 0.699. The van der Waals surface area contributed by atoms with Crippen LogP contribution in [0.1, 0.15) is 51.4 Å². The van der Waals surface area contributed by atoms with Crippen LogP contribution in [0.5, 0.6) is 0 Å². The Morgan fingerprint density at radius 2 is 1.84 bits per heavy atom. The Kier molecular flexibility index (Phi) is 5.57. The summed E-state index contributed by atoms with van der Waals surface area (Å²) in [5.41, 5.74) is 9.40. The molecule has 4 atom stereocenters. The summed E-state index contributed by atoms with van der Waals surface area (Å²) in [5.74, 6) is 1.80. The van der Waals surface area contributed by atoms with Crippen molar-refractivity contribution in [2.45, 2.75) is 75.8 Å². The third kappa shape index (κ3) is 3.85. The maximum absolute atomic E-state index is 12.7. The number of rotatable bonds is 4. The molecule has 3 saturated heterocycles. The highest BCUT2D eigenvalue weighted by Gasteiger charge is 2.43. The molecule has 0 aromatic rings. The number of nitrogens with zero attached hydrogens (tertiary/aromatic N) is 1. The second-order valence-electron chi connectivity index (χ2n) is 8.16. The van der Waals surface area contributed by atoms with Gasteiger partial charge in [0.25, 0.3) is 0 Å². The van der Waals surface area contributed by atoms with Crippen LogP contribution in [-0.4, -0.2) is 55.4 Å². The summed E-state index contributed by atoms with van der Waals surface area (Å²) in [6.07, 6.45) is 9.61. The summed E-state index contributed by atoms with van der Waals surface area (Å²) in [7, 11) is 1.70. The van der Waals surface area contributed by atoms with E-state index < -0.39 is 0 Å². The molecule has 4 rings (SSSR count). The van der Waals surface area contributed by atoms with Crippen LogP contribution in [0.25, 0.3) is 0 Å². The molecule has 142 valence electrons. The van der Waals surface area contributed by atoms with E-state index in [0.29, 0.717) is 0 Å². The molecule has 4 aliphatic rings. The van der Waals surface area contributed by atoms with Gasteiger partial charge in [-0.3, -0.25) is 9.63 Å². The zero-order valence-corrected chi connectivity index (χ0v) is 15.2. The lowest BCUT2D eigenvalue weighted by atomic mass is 9.76. The normalized spacial score (nSPS) is 37.9. The van der Waals surface area contributed by atoms with Gasteiger partial charge in [0, 0.05) is 32.7 Å². The minimum atomic E-state index is -0.195. The fourth-order valence-corrected chi connectivity index (χ4v) is 4.84. The summed E-state index contributed by atoms with van der Waals surface area (Å²) in [6, 6.07) is 0.0160. The Morgan fingerprint density at radius 1 is 1.04 bits per heavy atom. The summed E-state index contributed by atoms with van der Waals surface area (Å²) >= 11 is 0. The molecular weight excluding hydrogens is 320 g/mol. The van der Waals surface area contributed by atoms with E-state index in [2.05, 4.69) is 16.3 Å². The molecule has 0 aromatic carbocycles. The molecule has 4 unspecified atom stereocenters. The average molecular weight is 352 g/mol. The van der Waals surface area contributed by atoms with E-state index in [1.807, 2.05) is 4.90 Å². The molecule has 7 nitrogen and oxygen atoms in total. The van der Waals surface area contributed by atoms with E-state index >= 15 is 0 Å². The van der Waals surface area contributed by atoms with E-state index in [9.17, 15) is 4.79 Å². The van der Waals surface area contributed by atoms with Crippen molar-refractivity contribution in [2.24, 2.45) is 11.8 Å². The van der Waals surface area contributed by atoms with Crippen LogP contribution in [-0.2, 0) is 14.4 Å². The molecule has 1 saturated carbocycles. The highest BCUT2D eigenvalue weighted by Crippen LogP contribution is 2.35. The smallest absolute Gasteiger partial charge is 0.242 e. The fourth-order valence-electron chi connectivity index (χ4n) is 4.84. The van der Waals surface area contributed by atoms with Crippen LogP contribution in [0.15, 0.2) is 0 Å². The number of carbonyl (C=O) groups excluding carboxylic acids is 1. The molecule has 4 fully saturated rings. The molecule has 0 bridgehead atoms. The van der Waals surface area contributed by atoms with Gasteiger partial charge in [-0.2, -0.15) is 5.48 Å². The molecular formula is C18H32N4O3. The lowest BCUT2D eigenvalue weighted by molar-refractivity contribution is -0.142. The number of ether oxygens (including phenoxy) is 1. The molecule has 0 radical (unpaired) electrons. The van der Waals surface area contributed by atoms with Gasteiger partial charge in [0.05, 0.1) is 6.10 Å². The van der Waals surface area contributed by atoms with Gasteiger partial charge in [0.15, 0.2) is 0 Å². The lowest BCUT2D eigenvalue weighted by Gasteiger charge is -2.45. The first-order valence-electron chi connectivity index (χ1n) is 9.98. The lowest BCUT2D eigenvalue weighted by Crippen LogP contribution is -2.57. The van der Waals surface area contributed by atoms with Crippen molar-refractivity contribution in [3.8, 4) is 0 Å². The fraction of sp³-hybridized carbons (Fsp3) is 0.944. The number of likely N-dealkylation sites (tertiary alicyclic amines) is 1. The number of hydroxylamine groups is 1. The zero-order valence-electron chi connectivity index (χ0n) is 15.2. The van der Waals surface area contributed by atoms with Crippen molar-refractivity contribution in [1.82, 2.24) is 21.2 Å². The van der Waals surface area contributed by atoms with Crippen molar-refractivity contribution < 1.29 is 14.4 Å². The second-order valence-corrected chi connectivity index (χ2v) is 8.16. The largest absolute Gasteiger partial charge is 0.365 e. The van der Waals surface area contributed by atoms with Crippen molar-refractivity contribution in [1.29, 1.82) is 0 Å². The van der Waals surface area contributed by atoms with Crippen molar-refractivity contribution in [2.75, 3.05) is 20.2 Å². The predicted octanol–water partition coefficient (Wildman–Crippen LogP) is 0.916. The summed E-state index contributed by atoms with van der Waals surface area (Å²) in [4.78, 5) is 20.5. The van der Waals surface area contributed by atoms with E-state index in [0.717, 1.165) is 44.2 Å². The van der Waals surface area contributed by atoms with Crippen molar-refractivity contribution in [3.05, 3.63) is 0 Å². The zero-order chi connectivity index (χ0) is 17.2. The molecule has 1 amide bonds. The third-order valence-electron chi connectivity index (χ3n) is 6.57. The van der Waals surface area contributed by atoms with Crippen molar-refractivity contribution >= 4 is 5.91 Å². The SMILES string of the molecule is COC1CCC(C2CC(C(=O)N3CC(C4CCCCC4)C3)NO2)NN1. The highest BCUT2D eigenvalue weighted by atomic mass is 16.7. The van der Waals surface area contributed by atoms with Gasteiger partial charge < -0.3 is 9.64 Å². The first-order valence-corrected chi connectivity index (χ1v) is 9.98. The van der Waals surface area contributed by atoms with Crippen molar-refractivity contribution in [3.63, 3.8) is 0 Å². The molecule has 3 N–H and O–H groups in total. The Morgan fingerprint density at radius 3 is 2.52 bits per heavy atom. The molecule has 0 spiro atoms. The average Bonchev–Trinajstić information content (AvgIpc) is 3.11. The van der Waals surface area contributed by atoms with Crippen LogP contribution < -0.4 is 16.3 Å². The van der Waals surface area contributed by atoms with Gasteiger partial charge in [0.2, 0.25) is 5.91 Å². The topological polar surface area (TPSA) is 74.9 Å². The van der Waals surface area contributed by atoms with E-state index in [1.165, 1.54) is 32.1 Å². The second kappa shape index (κ2) is 7.88. The number of methoxy groups -OCH3 is 1. The van der Waals surface area contributed by atoms with Crippen LogP contribution in [0.4, 0.5) is 0 Å². The van der Waals surface area contributed by atoms with Gasteiger partial charge in [-0.1, -0.05) is 32.1 Å². The number of hydrogen-bond acceptors (Lipinski definition) is 6. The molecule has 25 heavy (non-hydrogen) atoms. The Labute approximate surface area is 150 Å². The van der Waals surface area contributed by atoms with Crippen LogP contribution in [0, 0.1) is 11.8 Å². The predicted molar refractivity (Wildman–Crippen MR) is 93.1 cm³/mol. The molecule has 7 heteroatoms. The number of nitrogens with one attached hydrogen (secondary N) is 3. The summed E-state index contributed by atoms with van der Waals surface area (Å²) in [5, 5.41) is 0. The van der Waals surface area contributed by atoms with Gasteiger partial charge in [-0.05, 0) is 24.7 Å². The van der Waals surface area contributed by atoms with Gasteiger partial charge in [-0.15, -0.1) is 0 Å². The molecule has 3 aliphatic heterocycles. The number of carbonyl (C=O) groups is 1. The van der Waals surface area contributed by atoms with Crippen LogP contribution in [0.3, 0.4) is 0 Å².